The lowest BCUT2D eigenvalue weighted by molar-refractivity contribution is 0.325. The zero-order valence-corrected chi connectivity index (χ0v) is 11.3. The Hall–Kier alpha value is -0.580. The van der Waals surface area contributed by atoms with E-state index in [4.69, 9.17) is 11.6 Å². The van der Waals surface area contributed by atoms with Gasteiger partial charge in [0.15, 0.2) is 0 Å². The van der Waals surface area contributed by atoms with Gasteiger partial charge in [0.1, 0.15) is 5.15 Å². The number of likely N-dealkylation sites (N-methyl/N-ethyl adjacent to an activating group) is 2. The molecule has 0 amide bonds. The third-order valence-electron chi connectivity index (χ3n) is 2.62. The van der Waals surface area contributed by atoms with Crippen molar-refractivity contribution in [1.82, 2.24) is 20.0 Å². The molecule has 0 radical (unpaired) electrons. The lowest BCUT2D eigenvalue weighted by atomic mass is 10.2. The molecule has 0 saturated heterocycles. The van der Waals surface area contributed by atoms with E-state index in [0.29, 0.717) is 0 Å². The lowest BCUT2D eigenvalue weighted by Crippen LogP contribution is -2.28. The SMILES string of the molecule is CCNCCN(C)Cc1c(C)nn(C)c1Cl. The normalized spacial score (nSPS) is 11.4. The summed E-state index contributed by atoms with van der Waals surface area (Å²) in [6.07, 6.45) is 0. The van der Waals surface area contributed by atoms with Crippen LogP contribution >= 0.6 is 11.6 Å². The van der Waals surface area contributed by atoms with E-state index in [2.05, 4.69) is 29.3 Å². The highest BCUT2D eigenvalue weighted by atomic mass is 35.5. The van der Waals surface area contributed by atoms with Crippen molar-refractivity contribution in [1.29, 1.82) is 0 Å². The minimum Gasteiger partial charge on any atom is -0.316 e. The Bertz CT molecular complexity index is 335. The Labute approximate surface area is 103 Å². The summed E-state index contributed by atoms with van der Waals surface area (Å²) in [4.78, 5) is 2.25. The highest BCUT2D eigenvalue weighted by Gasteiger charge is 2.12. The maximum atomic E-state index is 6.18. The van der Waals surface area contributed by atoms with E-state index in [1.54, 1.807) is 4.68 Å². The highest BCUT2D eigenvalue weighted by Crippen LogP contribution is 2.19. The Morgan fingerprint density at radius 2 is 2.19 bits per heavy atom. The van der Waals surface area contributed by atoms with Gasteiger partial charge in [-0.1, -0.05) is 18.5 Å². The minimum atomic E-state index is 0.743. The molecule has 0 aliphatic rings. The molecule has 1 aromatic rings. The Morgan fingerprint density at radius 3 is 2.69 bits per heavy atom. The number of halogens is 1. The topological polar surface area (TPSA) is 33.1 Å². The van der Waals surface area contributed by atoms with Crippen LogP contribution in [0.5, 0.6) is 0 Å². The van der Waals surface area contributed by atoms with Crippen LogP contribution in [0, 0.1) is 6.92 Å². The maximum Gasteiger partial charge on any atom is 0.131 e. The van der Waals surface area contributed by atoms with Crippen LogP contribution in [0.2, 0.25) is 5.15 Å². The van der Waals surface area contributed by atoms with Gasteiger partial charge in [0.2, 0.25) is 0 Å². The number of aryl methyl sites for hydroxylation is 2. The van der Waals surface area contributed by atoms with Crippen LogP contribution in [0.3, 0.4) is 0 Å². The van der Waals surface area contributed by atoms with Gasteiger partial charge in [-0.05, 0) is 20.5 Å². The van der Waals surface area contributed by atoms with Gasteiger partial charge in [-0.3, -0.25) is 4.68 Å². The fourth-order valence-electron chi connectivity index (χ4n) is 1.65. The second-order valence-corrected chi connectivity index (χ2v) is 4.43. The number of hydrogen-bond donors (Lipinski definition) is 1. The van der Waals surface area contributed by atoms with Crippen LogP contribution < -0.4 is 5.32 Å². The van der Waals surface area contributed by atoms with Crippen molar-refractivity contribution in [3.8, 4) is 0 Å². The van der Waals surface area contributed by atoms with E-state index in [-0.39, 0.29) is 0 Å². The molecule has 0 aliphatic carbocycles. The Balaban J connectivity index is 2.52. The zero-order chi connectivity index (χ0) is 12.1. The Kier molecular flexibility index (Phi) is 5.25. The van der Waals surface area contributed by atoms with Gasteiger partial charge in [-0.15, -0.1) is 0 Å². The van der Waals surface area contributed by atoms with Crippen LogP contribution in [0.4, 0.5) is 0 Å². The summed E-state index contributed by atoms with van der Waals surface area (Å²) in [6.45, 7) is 7.99. The number of aromatic nitrogens is 2. The number of rotatable bonds is 6. The second kappa shape index (κ2) is 6.23. The molecule has 16 heavy (non-hydrogen) atoms. The standard InChI is InChI=1S/C11H21ClN4/c1-5-13-6-7-15(3)8-10-9(2)14-16(4)11(10)12/h13H,5-8H2,1-4H3. The molecule has 1 N–H and O–H groups in total. The third kappa shape index (κ3) is 3.47. The molecular formula is C11H21ClN4. The van der Waals surface area contributed by atoms with Gasteiger partial charge < -0.3 is 10.2 Å². The van der Waals surface area contributed by atoms with Crippen molar-refractivity contribution >= 4 is 11.6 Å². The first-order valence-electron chi connectivity index (χ1n) is 5.63. The van der Waals surface area contributed by atoms with Crippen LogP contribution in [-0.2, 0) is 13.6 Å². The van der Waals surface area contributed by atoms with E-state index in [0.717, 1.165) is 42.6 Å². The molecule has 0 atom stereocenters. The number of hydrogen-bond acceptors (Lipinski definition) is 3. The maximum absolute atomic E-state index is 6.18. The van der Waals surface area contributed by atoms with Crippen LogP contribution in [0.25, 0.3) is 0 Å². The summed E-state index contributed by atoms with van der Waals surface area (Å²) < 4.78 is 1.73. The highest BCUT2D eigenvalue weighted by molar-refractivity contribution is 6.30. The smallest absolute Gasteiger partial charge is 0.131 e. The quantitative estimate of drug-likeness (QED) is 0.769. The molecular weight excluding hydrogens is 224 g/mol. The first-order valence-corrected chi connectivity index (χ1v) is 6.01. The largest absolute Gasteiger partial charge is 0.316 e. The molecule has 1 rings (SSSR count). The van der Waals surface area contributed by atoms with Crippen LogP contribution in [0.1, 0.15) is 18.2 Å². The Morgan fingerprint density at radius 1 is 1.50 bits per heavy atom. The summed E-state index contributed by atoms with van der Waals surface area (Å²) in [5, 5.41) is 8.35. The fraction of sp³-hybridized carbons (Fsp3) is 0.727. The molecule has 0 bridgehead atoms. The first kappa shape index (κ1) is 13.5. The molecule has 0 saturated carbocycles. The van der Waals surface area contributed by atoms with Gasteiger partial charge in [-0.2, -0.15) is 5.10 Å². The zero-order valence-electron chi connectivity index (χ0n) is 10.5. The molecule has 4 nitrogen and oxygen atoms in total. The molecule has 0 unspecified atom stereocenters. The molecule has 0 fully saturated rings. The second-order valence-electron chi connectivity index (χ2n) is 4.07. The van der Waals surface area contributed by atoms with Crippen molar-refractivity contribution in [2.45, 2.75) is 20.4 Å². The van der Waals surface area contributed by atoms with Crippen molar-refractivity contribution < 1.29 is 0 Å². The number of nitrogens with one attached hydrogen (secondary N) is 1. The van der Waals surface area contributed by atoms with E-state index in [1.165, 1.54) is 0 Å². The lowest BCUT2D eigenvalue weighted by Gasteiger charge is -2.16. The minimum absolute atomic E-state index is 0.743. The van der Waals surface area contributed by atoms with E-state index >= 15 is 0 Å². The molecule has 1 heterocycles. The van der Waals surface area contributed by atoms with Crippen molar-refractivity contribution in [3.05, 3.63) is 16.4 Å². The van der Waals surface area contributed by atoms with E-state index < -0.39 is 0 Å². The predicted octanol–water partition coefficient (Wildman–Crippen LogP) is 1.42. The van der Waals surface area contributed by atoms with Gasteiger partial charge in [0.05, 0.1) is 5.69 Å². The monoisotopic (exact) mass is 244 g/mol. The fourth-order valence-corrected chi connectivity index (χ4v) is 1.88. The summed E-state index contributed by atoms with van der Waals surface area (Å²) in [6, 6.07) is 0. The molecule has 1 aromatic heterocycles. The number of nitrogens with zero attached hydrogens (tertiary/aromatic N) is 3. The van der Waals surface area contributed by atoms with Crippen molar-refractivity contribution in [2.24, 2.45) is 7.05 Å². The van der Waals surface area contributed by atoms with Gasteiger partial charge in [-0.25, -0.2) is 0 Å². The van der Waals surface area contributed by atoms with Gasteiger partial charge in [0.25, 0.3) is 0 Å². The van der Waals surface area contributed by atoms with Crippen LogP contribution in [-0.4, -0.2) is 41.4 Å². The van der Waals surface area contributed by atoms with Crippen molar-refractivity contribution in [3.63, 3.8) is 0 Å². The van der Waals surface area contributed by atoms with Gasteiger partial charge >= 0.3 is 0 Å². The summed E-state index contributed by atoms with van der Waals surface area (Å²) in [5.41, 5.74) is 2.14. The molecule has 0 aromatic carbocycles. The molecule has 5 heteroatoms. The van der Waals surface area contributed by atoms with Crippen LogP contribution in [0.15, 0.2) is 0 Å². The average Bonchev–Trinajstić information content (AvgIpc) is 2.46. The summed E-state index contributed by atoms with van der Waals surface area (Å²) >= 11 is 6.18. The summed E-state index contributed by atoms with van der Waals surface area (Å²) in [5.74, 6) is 0. The predicted molar refractivity (Wildman–Crippen MR) is 67.8 cm³/mol. The summed E-state index contributed by atoms with van der Waals surface area (Å²) in [7, 11) is 3.97. The third-order valence-corrected chi connectivity index (χ3v) is 3.09. The average molecular weight is 245 g/mol. The molecule has 92 valence electrons. The van der Waals surface area contributed by atoms with Crippen molar-refractivity contribution in [2.75, 3.05) is 26.7 Å². The first-order chi connectivity index (χ1) is 7.56. The molecule has 0 aliphatic heterocycles. The van der Waals surface area contributed by atoms with E-state index in [1.807, 2.05) is 14.0 Å². The molecule has 0 spiro atoms. The van der Waals surface area contributed by atoms with Gasteiger partial charge in [0, 0.05) is 32.2 Å². The van der Waals surface area contributed by atoms with E-state index in [9.17, 15) is 0 Å².